The van der Waals surface area contributed by atoms with Gasteiger partial charge in [-0.3, -0.25) is 4.79 Å². The topological polar surface area (TPSA) is 52.9 Å². The summed E-state index contributed by atoms with van der Waals surface area (Å²) in [5.41, 5.74) is 5.36. The van der Waals surface area contributed by atoms with Gasteiger partial charge in [-0.25, -0.2) is 0 Å². The highest BCUT2D eigenvalue weighted by Crippen LogP contribution is 2.20. The quantitative estimate of drug-likeness (QED) is 0.769. The fraction of sp³-hybridized carbons (Fsp3) is 0.0909. The molecular weight excluding hydrogens is 308 g/mol. The van der Waals surface area contributed by atoms with Crippen molar-refractivity contribution < 1.29 is 4.79 Å². The van der Waals surface area contributed by atoms with Gasteiger partial charge in [0.25, 0.3) is 5.91 Å². The zero-order valence-electron chi connectivity index (χ0n) is 14.0. The first-order valence-electron chi connectivity index (χ1n) is 8.10. The van der Waals surface area contributed by atoms with Crippen LogP contribution >= 0.6 is 0 Å². The maximum absolute atomic E-state index is 12.5. The average molecular weight is 326 g/mol. The molecule has 3 heteroatoms. The first kappa shape index (κ1) is 16.5. The first-order chi connectivity index (χ1) is 12.2. The Morgan fingerprint density at radius 1 is 0.960 bits per heavy atom. The van der Waals surface area contributed by atoms with E-state index >= 15 is 0 Å². The summed E-state index contributed by atoms with van der Waals surface area (Å²) in [6.45, 7) is 2.38. The normalized spacial score (nSPS) is 10.1. The molecule has 0 aromatic heterocycles. The summed E-state index contributed by atoms with van der Waals surface area (Å²) in [5, 5.41) is 11.9. The Balaban J connectivity index is 1.73. The number of benzene rings is 3. The van der Waals surface area contributed by atoms with E-state index in [1.165, 1.54) is 0 Å². The van der Waals surface area contributed by atoms with Crippen molar-refractivity contribution in [2.75, 3.05) is 0 Å². The van der Waals surface area contributed by atoms with E-state index in [0.29, 0.717) is 17.7 Å². The minimum atomic E-state index is -0.110. The molecule has 122 valence electrons. The van der Waals surface area contributed by atoms with Crippen molar-refractivity contribution >= 4 is 5.91 Å². The first-order valence-corrected chi connectivity index (χ1v) is 8.10. The molecule has 3 nitrogen and oxygen atoms in total. The van der Waals surface area contributed by atoms with Gasteiger partial charge >= 0.3 is 0 Å². The standard InChI is InChI=1S/C22H18N2O/c1-16-12-17(14-23)10-11-21(16)15-24-22(25)20-9-5-8-19(13-20)18-6-3-2-4-7-18/h2-13H,15H2,1H3,(H,24,25). The molecule has 0 aliphatic heterocycles. The molecule has 1 amide bonds. The SMILES string of the molecule is Cc1cc(C#N)ccc1CNC(=O)c1cccc(-c2ccccc2)c1. The van der Waals surface area contributed by atoms with E-state index in [2.05, 4.69) is 11.4 Å². The molecule has 0 atom stereocenters. The average Bonchev–Trinajstić information content (AvgIpc) is 2.67. The number of carbonyl (C=O) groups is 1. The molecule has 0 aliphatic rings. The number of hydrogen-bond acceptors (Lipinski definition) is 2. The van der Waals surface area contributed by atoms with Gasteiger partial charge in [-0.15, -0.1) is 0 Å². The highest BCUT2D eigenvalue weighted by atomic mass is 16.1. The predicted molar refractivity (Wildman–Crippen MR) is 98.9 cm³/mol. The molecule has 0 bridgehead atoms. The number of amides is 1. The van der Waals surface area contributed by atoms with E-state index in [4.69, 9.17) is 5.26 Å². The van der Waals surface area contributed by atoms with Crippen LogP contribution < -0.4 is 5.32 Å². The third-order valence-corrected chi connectivity index (χ3v) is 4.14. The minimum absolute atomic E-state index is 0.110. The lowest BCUT2D eigenvalue weighted by atomic mass is 10.0. The predicted octanol–water partition coefficient (Wildman–Crippen LogP) is 4.46. The van der Waals surface area contributed by atoms with E-state index in [1.54, 1.807) is 6.07 Å². The molecule has 1 N–H and O–H groups in total. The fourth-order valence-electron chi connectivity index (χ4n) is 2.71. The van der Waals surface area contributed by atoms with Gasteiger partial charge in [-0.05, 0) is 53.4 Å². The number of nitrogens with one attached hydrogen (secondary N) is 1. The second-order valence-corrected chi connectivity index (χ2v) is 5.88. The van der Waals surface area contributed by atoms with Crippen molar-refractivity contribution in [2.24, 2.45) is 0 Å². The van der Waals surface area contributed by atoms with Crippen molar-refractivity contribution in [1.29, 1.82) is 5.26 Å². The number of rotatable bonds is 4. The molecule has 0 unspecified atom stereocenters. The molecule has 0 heterocycles. The summed E-state index contributed by atoms with van der Waals surface area (Å²) in [6, 6.07) is 25.2. The van der Waals surface area contributed by atoms with Crippen LogP contribution in [0.25, 0.3) is 11.1 Å². The zero-order valence-corrected chi connectivity index (χ0v) is 14.0. The highest BCUT2D eigenvalue weighted by Gasteiger charge is 2.08. The Labute approximate surface area is 147 Å². The number of nitriles is 1. The van der Waals surface area contributed by atoms with E-state index in [9.17, 15) is 4.79 Å². The smallest absolute Gasteiger partial charge is 0.251 e. The van der Waals surface area contributed by atoms with Crippen molar-refractivity contribution in [3.8, 4) is 17.2 Å². The maximum atomic E-state index is 12.5. The van der Waals surface area contributed by atoms with Gasteiger partial charge in [0.2, 0.25) is 0 Å². The molecule has 0 radical (unpaired) electrons. The van der Waals surface area contributed by atoms with Crippen LogP contribution in [0.2, 0.25) is 0 Å². The number of carbonyl (C=O) groups excluding carboxylic acids is 1. The third-order valence-electron chi connectivity index (χ3n) is 4.14. The second-order valence-electron chi connectivity index (χ2n) is 5.88. The van der Waals surface area contributed by atoms with E-state index < -0.39 is 0 Å². The van der Waals surface area contributed by atoms with Crippen molar-refractivity contribution in [1.82, 2.24) is 5.32 Å². The van der Waals surface area contributed by atoms with Crippen LogP contribution in [0, 0.1) is 18.3 Å². The van der Waals surface area contributed by atoms with Crippen LogP contribution in [0.3, 0.4) is 0 Å². The van der Waals surface area contributed by atoms with Gasteiger partial charge in [0.1, 0.15) is 0 Å². The van der Waals surface area contributed by atoms with Gasteiger partial charge in [0.15, 0.2) is 0 Å². The Morgan fingerprint density at radius 2 is 1.72 bits per heavy atom. The van der Waals surface area contributed by atoms with Crippen molar-refractivity contribution in [3.63, 3.8) is 0 Å². The number of nitrogens with zero attached hydrogens (tertiary/aromatic N) is 1. The molecule has 3 aromatic rings. The molecule has 3 rings (SSSR count). The third kappa shape index (κ3) is 3.94. The van der Waals surface area contributed by atoms with Crippen LogP contribution in [-0.4, -0.2) is 5.91 Å². The summed E-state index contributed by atoms with van der Waals surface area (Å²) >= 11 is 0. The fourth-order valence-corrected chi connectivity index (χ4v) is 2.71. The molecule has 0 saturated heterocycles. The largest absolute Gasteiger partial charge is 0.348 e. The molecule has 3 aromatic carbocycles. The van der Waals surface area contributed by atoms with E-state index in [-0.39, 0.29) is 5.91 Å². The Kier molecular flexibility index (Phi) is 4.92. The lowest BCUT2D eigenvalue weighted by Gasteiger charge is -2.09. The van der Waals surface area contributed by atoms with Crippen molar-refractivity contribution in [3.05, 3.63) is 95.1 Å². The molecule has 0 saturated carbocycles. The summed E-state index contributed by atoms with van der Waals surface area (Å²) in [6.07, 6.45) is 0. The lowest BCUT2D eigenvalue weighted by molar-refractivity contribution is 0.0951. The van der Waals surface area contributed by atoms with E-state index in [1.807, 2.05) is 73.7 Å². The summed E-state index contributed by atoms with van der Waals surface area (Å²) in [5.74, 6) is -0.110. The van der Waals surface area contributed by atoms with Gasteiger partial charge in [-0.1, -0.05) is 48.5 Å². The van der Waals surface area contributed by atoms with Crippen LogP contribution in [0.15, 0.2) is 72.8 Å². The summed E-state index contributed by atoms with van der Waals surface area (Å²) in [4.78, 5) is 12.5. The maximum Gasteiger partial charge on any atom is 0.251 e. The van der Waals surface area contributed by atoms with Gasteiger partial charge < -0.3 is 5.32 Å². The van der Waals surface area contributed by atoms with Crippen LogP contribution in [0.1, 0.15) is 27.0 Å². The molecule has 0 spiro atoms. The molecule has 0 aliphatic carbocycles. The van der Waals surface area contributed by atoms with Gasteiger partial charge in [0, 0.05) is 12.1 Å². The highest BCUT2D eigenvalue weighted by molar-refractivity contribution is 5.95. The van der Waals surface area contributed by atoms with Crippen LogP contribution in [-0.2, 0) is 6.54 Å². The van der Waals surface area contributed by atoms with Crippen LogP contribution in [0.4, 0.5) is 0 Å². The molecule has 0 fully saturated rings. The number of aryl methyl sites for hydroxylation is 1. The number of hydrogen-bond donors (Lipinski definition) is 1. The summed E-state index contributed by atoms with van der Waals surface area (Å²) in [7, 11) is 0. The molecule has 25 heavy (non-hydrogen) atoms. The second kappa shape index (κ2) is 7.46. The monoisotopic (exact) mass is 326 g/mol. The Morgan fingerprint density at radius 3 is 2.44 bits per heavy atom. The minimum Gasteiger partial charge on any atom is -0.348 e. The van der Waals surface area contributed by atoms with Gasteiger partial charge in [0.05, 0.1) is 11.6 Å². The van der Waals surface area contributed by atoms with Gasteiger partial charge in [-0.2, -0.15) is 5.26 Å². The Bertz CT molecular complexity index is 940. The lowest BCUT2D eigenvalue weighted by Crippen LogP contribution is -2.23. The van der Waals surface area contributed by atoms with Crippen LogP contribution in [0.5, 0.6) is 0 Å². The van der Waals surface area contributed by atoms with E-state index in [0.717, 1.165) is 22.3 Å². The summed E-state index contributed by atoms with van der Waals surface area (Å²) < 4.78 is 0. The zero-order chi connectivity index (χ0) is 17.6. The Hall–Kier alpha value is -3.38. The molecular formula is C22H18N2O. The van der Waals surface area contributed by atoms with Crippen molar-refractivity contribution in [2.45, 2.75) is 13.5 Å².